The second-order valence-corrected chi connectivity index (χ2v) is 8.36. The Bertz CT molecular complexity index is 885. The summed E-state index contributed by atoms with van der Waals surface area (Å²) < 4.78 is 50.2. The van der Waals surface area contributed by atoms with E-state index in [0.29, 0.717) is 19.4 Å². The number of hydrogen-bond donors (Lipinski definition) is 0. The van der Waals surface area contributed by atoms with E-state index in [4.69, 9.17) is 4.74 Å². The first kappa shape index (κ1) is 18.7. The van der Waals surface area contributed by atoms with E-state index in [1.165, 1.54) is 22.9 Å². The molecule has 3 rings (SSSR count). The number of aromatic nitrogens is 2. The van der Waals surface area contributed by atoms with Crippen molar-refractivity contribution in [2.45, 2.75) is 23.8 Å². The molecule has 0 unspecified atom stereocenters. The van der Waals surface area contributed by atoms with Crippen LogP contribution in [0.5, 0.6) is 6.01 Å². The fraction of sp³-hybridized carbons (Fsp3) is 0.400. The molecule has 2 aromatic rings. The minimum absolute atomic E-state index is 0.0126. The molecular weight excluding hydrogens is 385 g/mol. The number of sulfonamides is 1. The first-order valence-electron chi connectivity index (χ1n) is 7.72. The van der Waals surface area contributed by atoms with Crippen LogP contribution in [0.15, 0.2) is 28.7 Å². The summed E-state index contributed by atoms with van der Waals surface area (Å²) in [4.78, 5) is 19.2. The number of nitrogens with zero attached hydrogens (tertiary/aromatic N) is 3. The molecule has 11 heteroatoms. The summed E-state index contributed by atoms with van der Waals surface area (Å²) in [5.41, 5.74) is 0. The summed E-state index contributed by atoms with van der Waals surface area (Å²) >= 11 is 1.01. The summed E-state index contributed by atoms with van der Waals surface area (Å²) in [6.07, 6.45) is 2.67. The lowest BCUT2D eigenvalue weighted by molar-refractivity contribution is 0.0602. The lowest BCUT2D eigenvalue weighted by atomic mass is 10.1. The van der Waals surface area contributed by atoms with E-state index in [2.05, 4.69) is 14.7 Å². The molecule has 0 radical (unpaired) electrons. The fourth-order valence-electron chi connectivity index (χ4n) is 2.61. The normalized spacial score (nSPS) is 18.5. The summed E-state index contributed by atoms with van der Waals surface area (Å²) in [7, 11) is -2.67. The van der Waals surface area contributed by atoms with Gasteiger partial charge in [0, 0.05) is 6.54 Å². The van der Waals surface area contributed by atoms with Crippen LogP contribution in [-0.4, -0.2) is 55.0 Å². The van der Waals surface area contributed by atoms with Gasteiger partial charge in [0.25, 0.3) is 0 Å². The lowest BCUT2D eigenvalue weighted by Crippen LogP contribution is -2.44. The molecule has 0 bridgehead atoms. The molecule has 1 fully saturated rings. The van der Waals surface area contributed by atoms with Gasteiger partial charge in [0.15, 0.2) is 5.82 Å². The number of methoxy groups -OCH3 is 1. The molecule has 140 valence electrons. The van der Waals surface area contributed by atoms with Crippen molar-refractivity contribution in [3.05, 3.63) is 34.5 Å². The Morgan fingerprint density at radius 3 is 2.81 bits per heavy atom. The summed E-state index contributed by atoms with van der Waals surface area (Å²) in [5, 5.41) is 1.53. The highest BCUT2D eigenvalue weighted by Gasteiger charge is 2.34. The van der Waals surface area contributed by atoms with Crippen molar-refractivity contribution in [2.24, 2.45) is 0 Å². The van der Waals surface area contributed by atoms with Gasteiger partial charge in [-0.3, -0.25) is 0 Å². The van der Waals surface area contributed by atoms with E-state index in [0.717, 1.165) is 23.7 Å². The van der Waals surface area contributed by atoms with E-state index in [-0.39, 0.29) is 22.3 Å². The number of carbonyl (C=O) groups is 1. The Morgan fingerprint density at radius 1 is 1.38 bits per heavy atom. The second kappa shape index (κ2) is 7.64. The number of carbonyl (C=O) groups excluding carboxylic acids is 1. The van der Waals surface area contributed by atoms with Crippen molar-refractivity contribution in [2.75, 3.05) is 20.2 Å². The molecule has 0 amide bonds. The van der Waals surface area contributed by atoms with E-state index in [1.807, 2.05) is 0 Å². The van der Waals surface area contributed by atoms with Crippen molar-refractivity contribution in [3.63, 3.8) is 0 Å². The summed E-state index contributed by atoms with van der Waals surface area (Å²) in [5.74, 6) is -1.28. The molecule has 0 aliphatic carbocycles. The Kier molecular flexibility index (Phi) is 5.49. The van der Waals surface area contributed by atoms with E-state index in [9.17, 15) is 17.6 Å². The van der Waals surface area contributed by atoms with Gasteiger partial charge in [0.1, 0.15) is 15.9 Å². The molecule has 1 aliphatic heterocycles. The van der Waals surface area contributed by atoms with Crippen LogP contribution in [0.25, 0.3) is 0 Å². The molecule has 26 heavy (non-hydrogen) atoms. The number of ether oxygens (including phenoxy) is 2. The average molecular weight is 401 g/mol. The maximum Gasteiger partial charge on any atom is 0.349 e. The zero-order valence-electron chi connectivity index (χ0n) is 13.8. The zero-order chi connectivity index (χ0) is 18.7. The molecule has 0 N–H and O–H groups in total. The van der Waals surface area contributed by atoms with Crippen molar-refractivity contribution in [1.29, 1.82) is 0 Å². The summed E-state index contributed by atoms with van der Waals surface area (Å²) in [6, 6.07) is 1.38. The highest BCUT2D eigenvalue weighted by molar-refractivity contribution is 7.89. The third-order valence-corrected chi connectivity index (χ3v) is 6.76. The minimum Gasteiger partial charge on any atom is -0.465 e. The molecule has 3 heterocycles. The average Bonchev–Trinajstić information content (AvgIpc) is 3.14. The van der Waals surface area contributed by atoms with Crippen molar-refractivity contribution < 1.29 is 27.1 Å². The standard InChI is InChI=1S/C15H16FN3O5S2/c1-23-14(20)13-12(4-6-25-13)26(21,22)19-5-2-3-11(9-19)24-15-17-7-10(16)8-18-15/h4,6-8,11H,2-3,5,9H2,1H3/t11-/m0/s1. The van der Waals surface area contributed by atoms with Gasteiger partial charge >= 0.3 is 12.0 Å². The number of halogens is 1. The number of thiophene rings is 1. The number of esters is 1. The molecule has 0 aromatic carbocycles. The number of hydrogen-bond acceptors (Lipinski definition) is 8. The van der Waals surface area contributed by atoms with Crippen molar-refractivity contribution in [1.82, 2.24) is 14.3 Å². The first-order chi connectivity index (χ1) is 12.4. The predicted molar refractivity (Wildman–Crippen MR) is 90.1 cm³/mol. The van der Waals surface area contributed by atoms with Crippen molar-refractivity contribution in [3.8, 4) is 6.01 Å². The molecule has 1 aliphatic rings. The predicted octanol–water partition coefficient (Wildman–Crippen LogP) is 1.70. The number of piperidine rings is 1. The van der Waals surface area contributed by atoms with Crippen LogP contribution in [0.3, 0.4) is 0 Å². The smallest absolute Gasteiger partial charge is 0.349 e. The molecule has 1 atom stereocenters. The van der Waals surface area contributed by atoms with E-state index >= 15 is 0 Å². The zero-order valence-corrected chi connectivity index (χ0v) is 15.4. The van der Waals surface area contributed by atoms with Gasteiger partial charge in [-0.2, -0.15) is 4.31 Å². The third kappa shape index (κ3) is 3.84. The molecule has 2 aromatic heterocycles. The van der Waals surface area contributed by atoms with Crippen LogP contribution < -0.4 is 4.74 Å². The van der Waals surface area contributed by atoms with E-state index in [1.54, 1.807) is 0 Å². The Morgan fingerprint density at radius 2 is 2.12 bits per heavy atom. The Labute approximate surface area is 153 Å². The van der Waals surface area contributed by atoms with Gasteiger partial charge in [-0.25, -0.2) is 27.6 Å². The van der Waals surface area contributed by atoms with Gasteiger partial charge in [0.2, 0.25) is 10.0 Å². The largest absolute Gasteiger partial charge is 0.465 e. The number of rotatable bonds is 5. The Hall–Kier alpha value is -2.11. The van der Waals surface area contributed by atoms with Crippen LogP contribution in [0.1, 0.15) is 22.5 Å². The fourth-order valence-corrected chi connectivity index (χ4v) is 5.43. The van der Waals surface area contributed by atoms with Gasteiger partial charge < -0.3 is 9.47 Å². The van der Waals surface area contributed by atoms with Crippen LogP contribution >= 0.6 is 11.3 Å². The van der Waals surface area contributed by atoms with E-state index < -0.39 is 27.9 Å². The van der Waals surface area contributed by atoms with Crippen LogP contribution in [0.4, 0.5) is 4.39 Å². The van der Waals surface area contributed by atoms with Crippen LogP contribution in [0, 0.1) is 5.82 Å². The van der Waals surface area contributed by atoms with Gasteiger partial charge in [-0.15, -0.1) is 11.3 Å². The lowest BCUT2D eigenvalue weighted by Gasteiger charge is -2.31. The SMILES string of the molecule is COC(=O)c1sccc1S(=O)(=O)N1CCC[C@H](Oc2ncc(F)cn2)C1. The van der Waals surface area contributed by atoms with Gasteiger partial charge in [0.05, 0.1) is 26.0 Å². The third-order valence-electron chi connectivity index (χ3n) is 3.83. The molecule has 1 saturated heterocycles. The Balaban J connectivity index is 1.77. The molecule has 8 nitrogen and oxygen atoms in total. The van der Waals surface area contributed by atoms with Gasteiger partial charge in [-0.05, 0) is 24.3 Å². The second-order valence-electron chi connectivity index (χ2n) is 5.53. The quantitative estimate of drug-likeness (QED) is 0.703. The summed E-state index contributed by atoms with van der Waals surface area (Å²) in [6.45, 7) is 0.391. The minimum atomic E-state index is -3.87. The molecule has 0 saturated carbocycles. The molecule has 0 spiro atoms. The van der Waals surface area contributed by atoms with Gasteiger partial charge in [-0.1, -0.05) is 0 Å². The highest BCUT2D eigenvalue weighted by Crippen LogP contribution is 2.28. The maximum absolute atomic E-state index is 12.9. The molecular formula is C15H16FN3O5S2. The topological polar surface area (TPSA) is 98.7 Å². The van der Waals surface area contributed by atoms with Crippen LogP contribution in [-0.2, 0) is 14.8 Å². The van der Waals surface area contributed by atoms with Crippen molar-refractivity contribution >= 4 is 27.3 Å². The first-order valence-corrected chi connectivity index (χ1v) is 10.0. The maximum atomic E-state index is 12.9. The monoisotopic (exact) mass is 401 g/mol. The highest BCUT2D eigenvalue weighted by atomic mass is 32.2. The van der Waals surface area contributed by atoms with Crippen LogP contribution in [0.2, 0.25) is 0 Å².